The molecule has 0 atom stereocenters. The molecule has 25 heavy (non-hydrogen) atoms. The van der Waals surface area contributed by atoms with Crippen LogP contribution >= 0.6 is 0 Å². The third-order valence-electron chi connectivity index (χ3n) is 5.39. The maximum absolute atomic E-state index is 12.7. The first-order chi connectivity index (χ1) is 11.9. The van der Waals surface area contributed by atoms with Crippen LogP contribution in [0.2, 0.25) is 0 Å². The Balaban J connectivity index is 2.04. The van der Waals surface area contributed by atoms with Crippen LogP contribution in [0.25, 0.3) is 0 Å². The molecule has 0 amide bonds. The molecule has 1 saturated heterocycles. The monoisotopic (exact) mass is 340 g/mol. The first-order valence-corrected chi connectivity index (χ1v) is 8.60. The zero-order chi connectivity index (χ0) is 18.0. The molecule has 2 heterocycles. The molecular weight excluding hydrogens is 316 g/mol. The van der Waals surface area contributed by atoms with E-state index in [1.54, 1.807) is 23.8 Å². The van der Waals surface area contributed by atoms with Crippen LogP contribution in [0, 0.1) is 6.92 Å². The molecule has 1 aliphatic heterocycles. The highest BCUT2D eigenvalue weighted by Gasteiger charge is 2.36. The molecular formula is C20H24N2O3. The molecule has 1 N–H and O–H groups in total. The summed E-state index contributed by atoms with van der Waals surface area (Å²) >= 11 is 0. The number of piperidine rings is 1. The molecule has 1 aliphatic rings. The van der Waals surface area contributed by atoms with Crippen LogP contribution in [0.3, 0.4) is 0 Å². The van der Waals surface area contributed by atoms with Gasteiger partial charge in [0, 0.05) is 18.2 Å². The lowest BCUT2D eigenvalue weighted by atomic mass is 9.72. The number of carboxylic acids is 1. The van der Waals surface area contributed by atoms with Crippen molar-refractivity contribution < 1.29 is 9.90 Å². The average molecular weight is 340 g/mol. The largest absolute Gasteiger partial charge is 0.477 e. The van der Waals surface area contributed by atoms with Gasteiger partial charge in [-0.3, -0.25) is 4.79 Å². The number of benzene rings is 1. The average Bonchev–Trinajstić information content (AvgIpc) is 2.60. The Morgan fingerprint density at radius 1 is 1.16 bits per heavy atom. The Bertz CT molecular complexity index is 819. The number of rotatable bonds is 4. The summed E-state index contributed by atoms with van der Waals surface area (Å²) in [6.07, 6.45) is 3.61. The number of hydrogen-bond acceptors (Lipinski definition) is 3. The van der Waals surface area contributed by atoms with E-state index in [0.29, 0.717) is 12.1 Å². The minimum atomic E-state index is -1.16. The first kappa shape index (κ1) is 17.4. The Hall–Kier alpha value is -2.40. The Morgan fingerprint density at radius 2 is 1.80 bits per heavy atom. The lowest BCUT2D eigenvalue weighted by Crippen LogP contribution is -2.45. The molecule has 0 radical (unpaired) electrons. The quantitative estimate of drug-likeness (QED) is 0.929. The summed E-state index contributed by atoms with van der Waals surface area (Å²) in [7, 11) is 2.11. The van der Waals surface area contributed by atoms with E-state index in [9.17, 15) is 14.7 Å². The molecule has 3 rings (SSSR count). The molecule has 0 aliphatic carbocycles. The number of hydrogen-bond donors (Lipinski definition) is 1. The van der Waals surface area contributed by atoms with E-state index in [-0.39, 0.29) is 11.0 Å². The number of carboxylic acid groups (broad SMARTS) is 1. The lowest BCUT2D eigenvalue weighted by molar-refractivity contribution is 0.0692. The van der Waals surface area contributed by atoms with Crippen LogP contribution in [0.1, 0.15) is 34.3 Å². The van der Waals surface area contributed by atoms with Gasteiger partial charge in [-0.2, -0.15) is 0 Å². The molecule has 5 heteroatoms. The Kier molecular flexibility index (Phi) is 4.77. The molecule has 0 spiro atoms. The van der Waals surface area contributed by atoms with E-state index in [0.717, 1.165) is 25.9 Å². The summed E-state index contributed by atoms with van der Waals surface area (Å²) in [4.78, 5) is 26.5. The summed E-state index contributed by atoms with van der Waals surface area (Å²) in [5.74, 6) is -1.16. The smallest absolute Gasteiger partial charge is 0.341 e. The van der Waals surface area contributed by atoms with Gasteiger partial charge in [0.1, 0.15) is 5.56 Å². The maximum Gasteiger partial charge on any atom is 0.341 e. The van der Waals surface area contributed by atoms with Crippen molar-refractivity contribution in [2.24, 2.45) is 0 Å². The van der Waals surface area contributed by atoms with Crippen molar-refractivity contribution in [2.45, 2.75) is 31.7 Å². The number of aromatic nitrogens is 1. The van der Waals surface area contributed by atoms with Crippen molar-refractivity contribution in [2.75, 3.05) is 20.1 Å². The van der Waals surface area contributed by atoms with Gasteiger partial charge in [0.25, 0.3) is 5.56 Å². The molecule has 132 valence electrons. The fraction of sp³-hybridized carbons (Fsp3) is 0.400. The van der Waals surface area contributed by atoms with Gasteiger partial charge < -0.3 is 14.6 Å². The molecule has 2 aromatic rings. The molecule has 1 fully saturated rings. The number of pyridine rings is 1. The number of carbonyl (C=O) groups is 1. The lowest BCUT2D eigenvalue weighted by Gasteiger charge is -2.41. The van der Waals surface area contributed by atoms with Gasteiger partial charge in [0.2, 0.25) is 0 Å². The standard InChI is InChI=1S/C20H24N2O3/c1-15-8-11-22(18(23)17(15)19(24)25)14-20(9-12-21(2)13-10-20)16-6-4-3-5-7-16/h3-8,11H,9-10,12-14H2,1-2H3,(H,24,25). The van der Waals surface area contributed by atoms with Gasteiger partial charge in [0.15, 0.2) is 0 Å². The second-order valence-corrected chi connectivity index (χ2v) is 7.06. The molecule has 0 unspecified atom stereocenters. The number of likely N-dealkylation sites (tertiary alicyclic amines) is 1. The van der Waals surface area contributed by atoms with Gasteiger partial charge in [-0.1, -0.05) is 30.3 Å². The van der Waals surface area contributed by atoms with Crippen LogP contribution in [-0.2, 0) is 12.0 Å². The topological polar surface area (TPSA) is 62.5 Å². The van der Waals surface area contributed by atoms with Gasteiger partial charge in [-0.25, -0.2) is 4.79 Å². The minimum absolute atomic E-state index is 0.126. The normalized spacial score (nSPS) is 17.4. The van der Waals surface area contributed by atoms with Crippen molar-refractivity contribution in [3.63, 3.8) is 0 Å². The molecule has 1 aromatic carbocycles. The van der Waals surface area contributed by atoms with Crippen LogP contribution < -0.4 is 5.56 Å². The highest BCUT2D eigenvalue weighted by molar-refractivity contribution is 5.88. The van der Waals surface area contributed by atoms with E-state index >= 15 is 0 Å². The van der Waals surface area contributed by atoms with Crippen molar-refractivity contribution in [1.29, 1.82) is 0 Å². The number of aryl methyl sites for hydroxylation is 1. The van der Waals surface area contributed by atoms with Gasteiger partial charge in [-0.15, -0.1) is 0 Å². The van der Waals surface area contributed by atoms with Crippen molar-refractivity contribution >= 4 is 5.97 Å². The van der Waals surface area contributed by atoms with Gasteiger partial charge in [-0.05, 0) is 57.1 Å². The predicted molar refractivity (Wildman–Crippen MR) is 97.2 cm³/mol. The summed E-state index contributed by atoms with van der Waals surface area (Å²) in [6, 6.07) is 12.0. The fourth-order valence-electron chi connectivity index (χ4n) is 3.75. The van der Waals surface area contributed by atoms with E-state index in [1.807, 2.05) is 18.2 Å². The van der Waals surface area contributed by atoms with Gasteiger partial charge >= 0.3 is 5.97 Å². The fourth-order valence-corrected chi connectivity index (χ4v) is 3.75. The summed E-state index contributed by atoms with van der Waals surface area (Å²) in [5, 5.41) is 9.37. The first-order valence-electron chi connectivity index (χ1n) is 8.60. The Morgan fingerprint density at radius 3 is 2.40 bits per heavy atom. The number of nitrogens with zero attached hydrogens (tertiary/aromatic N) is 2. The van der Waals surface area contributed by atoms with Gasteiger partial charge in [0.05, 0.1) is 0 Å². The van der Waals surface area contributed by atoms with E-state index < -0.39 is 11.5 Å². The highest BCUT2D eigenvalue weighted by Crippen LogP contribution is 2.36. The van der Waals surface area contributed by atoms with Crippen LogP contribution in [0.5, 0.6) is 0 Å². The molecule has 1 aromatic heterocycles. The van der Waals surface area contributed by atoms with E-state index in [1.165, 1.54) is 5.56 Å². The molecule has 0 saturated carbocycles. The Labute approximate surface area is 147 Å². The second-order valence-electron chi connectivity index (χ2n) is 7.06. The van der Waals surface area contributed by atoms with Crippen molar-refractivity contribution in [3.8, 4) is 0 Å². The van der Waals surface area contributed by atoms with E-state index in [4.69, 9.17) is 0 Å². The third kappa shape index (κ3) is 3.37. The summed E-state index contributed by atoms with van der Waals surface area (Å²) in [6.45, 7) is 4.09. The maximum atomic E-state index is 12.7. The zero-order valence-corrected chi connectivity index (χ0v) is 14.7. The van der Waals surface area contributed by atoms with Crippen molar-refractivity contribution in [1.82, 2.24) is 9.47 Å². The predicted octanol–water partition coefficient (Wildman–Crippen LogP) is 2.52. The number of aromatic carboxylic acids is 1. The highest BCUT2D eigenvalue weighted by atomic mass is 16.4. The van der Waals surface area contributed by atoms with E-state index in [2.05, 4.69) is 24.1 Å². The summed E-state index contributed by atoms with van der Waals surface area (Å²) in [5.41, 5.74) is 1.03. The third-order valence-corrected chi connectivity index (χ3v) is 5.39. The SMILES string of the molecule is Cc1ccn(CC2(c3ccccc3)CCN(C)CC2)c(=O)c1C(=O)O. The zero-order valence-electron chi connectivity index (χ0n) is 14.7. The summed E-state index contributed by atoms with van der Waals surface area (Å²) < 4.78 is 1.58. The van der Waals surface area contributed by atoms with Crippen LogP contribution in [0.4, 0.5) is 0 Å². The van der Waals surface area contributed by atoms with Crippen molar-refractivity contribution in [3.05, 3.63) is 69.6 Å². The minimum Gasteiger partial charge on any atom is -0.477 e. The molecule has 0 bridgehead atoms. The second kappa shape index (κ2) is 6.84. The van der Waals surface area contributed by atoms with Crippen LogP contribution in [0.15, 0.2) is 47.4 Å². The molecule has 5 nitrogen and oxygen atoms in total. The van der Waals surface area contributed by atoms with Crippen LogP contribution in [-0.4, -0.2) is 40.7 Å².